The van der Waals surface area contributed by atoms with Gasteiger partial charge in [0.1, 0.15) is 0 Å². The molecule has 2 heterocycles. The van der Waals surface area contributed by atoms with E-state index in [1.165, 1.54) is 4.90 Å². The molecule has 1 aromatic rings. The Hall–Kier alpha value is -2.12. The summed E-state index contributed by atoms with van der Waals surface area (Å²) < 4.78 is 50.0. The van der Waals surface area contributed by atoms with Crippen LogP contribution in [0.25, 0.3) is 0 Å². The van der Waals surface area contributed by atoms with Crippen LogP contribution in [0.5, 0.6) is 11.5 Å². The molecule has 138 valence electrons. The fourth-order valence-electron chi connectivity index (χ4n) is 3.55. The van der Waals surface area contributed by atoms with Crippen molar-refractivity contribution in [1.29, 1.82) is 0 Å². The number of urea groups is 1. The molecule has 1 unspecified atom stereocenters. The molecule has 5 nitrogen and oxygen atoms in total. The van der Waals surface area contributed by atoms with Crippen LogP contribution >= 0.6 is 0 Å². The van der Waals surface area contributed by atoms with Crippen LogP contribution in [0.2, 0.25) is 0 Å². The molecule has 0 aromatic heterocycles. The molecule has 0 spiro atoms. The summed E-state index contributed by atoms with van der Waals surface area (Å²) in [7, 11) is 0. The van der Waals surface area contributed by atoms with Gasteiger partial charge < -0.3 is 19.7 Å². The summed E-state index contributed by atoms with van der Waals surface area (Å²) in [6.45, 7) is 3.63. The number of nitrogens with zero attached hydrogens (tertiary/aromatic N) is 1. The summed E-state index contributed by atoms with van der Waals surface area (Å²) in [6.07, 6.45) is -4.32. The molecule has 0 saturated carbocycles. The summed E-state index contributed by atoms with van der Waals surface area (Å²) in [5.74, 6) is -0.176. The van der Waals surface area contributed by atoms with Crippen molar-refractivity contribution < 1.29 is 27.4 Å². The lowest BCUT2D eigenvalue weighted by Crippen LogP contribution is -2.54. The highest BCUT2D eigenvalue weighted by Gasteiger charge is 2.51. The number of amides is 2. The van der Waals surface area contributed by atoms with Crippen molar-refractivity contribution in [2.45, 2.75) is 33.0 Å². The maximum absolute atomic E-state index is 13.1. The molecular weight excluding hydrogens is 337 g/mol. The number of rotatable bonds is 2. The second kappa shape index (κ2) is 6.31. The number of likely N-dealkylation sites (tertiary alicyclic amines) is 1. The van der Waals surface area contributed by atoms with Gasteiger partial charge in [-0.15, -0.1) is 0 Å². The molecule has 2 aliphatic rings. The van der Waals surface area contributed by atoms with Gasteiger partial charge in [-0.05, 0) is 17.9 Å². The first-order valence-corrected chi connectivity index (χ1v) is 8.15. The van der Waals surface area contributed by atoms with Gasteiger partial charge in [-0.3, -0.25) is 0 Å². The van der Waals surface area contributed by atoms with E-state index in [1.807, 2.05) is 6.07 Å². The summed E-state index contributed by atoms with van der Waals surface area (Å²) in [5.41, 5.74) is -0.244. The fourth-order valence-corrected chi connectivity index (χ4v) is 3.55. The number of halogens is 3. The van der Waals surface area contributed by atoms with Crippen molar-refractivity contribution >= 4 is 6.03 Å². The first kappa shape index (κ1) is 17.7. The van der Waals surface area contributed by atoms with Crippen LogP contribution in [0.3, 0.4) is 0 Å². The normalized spacial score (nSPS) is 22.0. The highest BCUT2D eigenvalue weighted by atomic mass is 19.4. The zero-order chi connectivity index (χ0) is 18.2. The number of alkyl halides is 3. The number of para-hydroxylation sites is 1. The van der Waals surface area contributed by atoms with Crippen LogP contribution in [0.1, 0.15) is 25.8 Å². The Morgan fingerprint density at radius 1 is 1.36 bits per heavy atom. The average Bonchev–Trinajstić information content (AvgIpc) is 2.99. The smallest absolute Gasteiger partial charge is 0.392 e. The Bertz CT molecular complexity index is 661. The number of nitrogens with one attached hydrogen (secondary N) is 1. The topological polar surface area (TPSA) is 50.8 Å². The lowest BCUT2D eigenvalue weighted by molar-refractivity contribution is -0.214. The third kappa shape index (κ3) is 3.62. The van der Waals surface area contributed by atoms with Crippen molar-refractivity contribution in [3.8, 4) is 11.5 Å². The number of carbonyl (C=O) groups excluding carboxylic acids is 1. The van der Waals surface area contributed by atoms with Crippen LogP contribution in [0.4, 0.5) is 18.0 Å². The monoisotopic (exact) mass is 358 g/mol. The van der Waals surface area contributed by atoms with Crippen LogP contribution in [-0.4, -0.2) is 37.0 Å². The number of piperidine rings is 1. The third-order valence-electron chi connectivity index (χ3n) is 4.82. The van der Waals surface area contributed by atoms with E-state index in [0.717, 1.165) is 5.56 Å². The number of hydrogen-bond acceptors (Lipinski definition) is 3. The highest BCUT2D eigenvalue weighted by molar-refractivity contribution is 5.74. The predicted octanol–water partition coefficient (Wildman–Crippen LogP) is 3.54. The van der Waals surface area contributed by atoms with Gasteiger partial charge in [-0.2, -0.15) is 13.2 Å². The van der Waals surface area contributed by atoms with E-state index in [1.54, 1.807) is 26.0 Å². The largest absolute Gasteiger partial charge is 0.454 e. The van der Waals surface area contributed by atoms with Crippen LogP contribution in [-0.2, 0) is 6.54 Å². The van der Waals surface area contributed by atoms with E-state index in [4.69, 9.17) is 9.47 Å². The Kier molecular flexibility index (Phi) is 4.47. The number of ether oxygens (including phenoxy) is 2. The average molecular weight is 358 g/mol. The minimum absolute atomic E-state index is 0.0650. The predicted molar refractivity (Wildman–Crippen MR) is 84.3 cm³/mol. The van der Waals surface area contributed by atoms with Crippen molar-refractivity contribution in [3.63, 3.8) is 0 Å². The Balaban J connectivity index is 1.61. The van der Waals surface area contributed by atoms with E-state index in [2.05, 4.69) is 5.32 Å². The maximum Gasteiger partial charge on any atom is 0.392 e. The molecule has 1 atom stereocenters. The minimum atomic E-state index is -4.24. The lowest BCUT2D eigenvalue weighted by atomic mass is 9.73. The molecule has 0 aliphatic carbocycles. The summed E-state index contributed by atoms with van der Waals surface area (Å²) in [4.78, 5) is 13.8. The summed E-state index contributed by atoms with van der Waals surface area (Å²) in [5, 5.41) is 2.76. The van der Waals surface area contributed by atoms with Gasteiger partial charge in [0.25, 0.3) is 0 Å². The van der Waals surface area contributed by atoms with Gasteiger partial charge in [0, 0.05) is 25.2 Å². The lowest BCUT2D eigenvalue weighted by Gasteiger charge is -2.44. The third-order valence-corrected chi connectivity index (χ3v) is 4.82. The Morgan fingerprint density at radius 2 is 2.12 bits per heavy atom. The maximum atomic E-state index is 13.1. The molecule has 0 radical (unpaired) electrons. The molecule has 1 fully saturated rings. The van der Waals surface area contributed by atoms with Gasteiger partial charge in [0.15, 0.2) is 11.5 Å². The summed E-state index contributed by atoms with van der Waals surface area (Å²) in [6, 6.07) is 5.02. The SMILES string of the molecule is CC1(C)CN(C(=O)NCc2cccc3c2OCO3)CCC1C(F)(F)F. The number of carbonyl (C=O) groups is 1. The molecule has 2 amide bonds. The minimum Gasteiger partial charge on any atom is -0.454 e. The number of benzene rings is 1. The van der Waals surface area contributed by atoms with Crippen molar-refractivity contribution in [3.05, 3.63) is 23.8 Å². The van der Waals surface area contributed by atoms with Gasteiger partial charge in [-0.1, -0.05) is 26.0 Å². The molecule has 1 N–H and O–H groups in total. The molecule has 25 heavy (non-hydrogen) atoms. The van der Waals surface area contributed by atoms with E-state index in [-0.39, 0.29) is 38.9 Å². The Morgan fingerprint density at radius 3 is 2.80 bits per heavy atom. The second-order valence-corrected chi connectivity index (χ2v) is 7.10. The zero-order valence-corrected chi connectivity index (χ0v) is 14.2. The molecular formula is C17H21F3N2O3. The van der Waals surface area contributed by atoms with Gasteiger partial charge in [-0.25, -0.2) is 4.79 Å². The first-order valence-electron chi connectivity index (χ1n) is 8.15. The standard InChI is InChI=1S/C17H21F3N2O3/c1-16(2)9-22(7-6-13(16)17(18,19)20)15(23)21-8-11-4-3-5-12-14(11)25-10-24-12/h3-5,13H,6-10H2,1-2H3,(H,21,23). The van der Waals surface area contributed by atoms with Crippen LogP contribution < -0.4 is 14.8 Å². The number of hydrogen-bond donors (Lipinski definition) is 1. The molecule has 0 bridgehead atoms. The van der Waals surface area contributed by atoms with E-state index >= 15 is 0 Å². The molecule has 2 aliphatic heterocycles. The van der Waals surface area contributed by atoms with E-state index in [9.17, 15) is 18.0 Å². The Labute approximate surface area is 144 Å². The molecule has 8 heteroatoms. The van der Waals surface area contributed by atoms with E-state index < -0.39 is 17.5 Å². The molecule has 3 rings (SSSR count). The van der Waals surface area contributed by atoms with Gasteiger partial charge in [0.2, 0.25) is 6.79 Å². The molecule has 1 saturated heterocycles. The zero-order valence-electron chi connectivity index (χ0n) is 14.2. The first-order chi connectivity index (χ1) is 11.7. The van der Waals surface area contributed by atoms with Crippen molar-refractivity contribution in [2.24, 2.45) is 11.3 Å². The van der Waals surface area contributed by atoms with Gasteiger partial charge in [0.05, 0.1) is 5.92 Å². The fraction of sp³-hybridized carbons (Fsp3) is 0.588. The quantitative estimate of drug-likeness (QED) is 0.880. The number of fused-ring (bicyclic) bond motifs is 1. The summed E-state index contributed by atoms with van der Waals surface area (Å²) >= 11 is 0. The van der Waals surface area contributed by atoms with Crippen LogP contribution in [0, 0.1) is 11.3 Å². The molecule has 1 aromatic carbocycles. The van der Waals surface area contributed by atoms with Crippen LogP contribution in [0.15, 0.2) is 18.2 Å². The van der Waals surface area contributed by atoms with Crippen molar-refractivity contribution in [2.75, 3.05) is 19.9 Å². The second-order valence-electron chi connectivity index (χ2n) is 7.10. The van der Waals surface area contributed by atoms with E-state index in [0.29, 0.717) is 11.5 Å². The van der Waals surface area contributed by atoms with Crippen molar-refractivity contribution in [1.82, 2.24) is 10.2 Å². The van der Waals surface area contributed by atoms with Gasteiger partial charge >= 0.3 is 12.2 Å². The highest BCUT2D eigenvalue weighted by Crippen LogP contribution is 2.45.